The molecule has 7 nitrogen and oxygen atoms in total. The molecule has 0 heterocycles. The van der Waals surface area contributed by atoms with Crippen molar-refractivity contribution in [1.29, 1.82) is 0 Å². The number of rotatable bonds is 8. The van der Waals surface area contributed by atoms with Crippen LogP contribution in [0.4, 0.5) is 0 Å². The summed E-state index contributed by atoms with van der Waals surface area (Å²) in [5.41, 5.74) is 0.680. The van der Waals surface area contributed by atoms with Gasteiger partial charge in [-0.1, -0.05) is 26.0 Å². The van der Waals surface area contributed by atoms with Crippen LogP contribution in [0.5, 0.6) is 0 Å². The lowest BCUT2D eigenvalue weighted by Crippen LogP contribution is -2.46. The maximum Gasteiger partial charge on any atom is 0.240 e. The normalized spacial score (nSPS) is 12.1. The van der Waals surface area contributed by atoms with Crippen LogP contribution in [-0.2, 0) is 19.6 Å². The van der Waals surface area contributed by atoms with E-state index in [4.69, 9.17) is 0 Å². The molecule has 0 aliphatic heterocycles. The van der Waals surface area contributed by atoms with Crippen LogP contribution in [0.1, 0.15) is 52.5 Å². The topological polar surface area (TPSA) is 104 Å². The molecule has 0 radical (unpaired) electrons. The Morgan fingerprint density at radius 3 is 2.12 bits per heavy atom. The third kappa shape index (κ3) is 7.97. The average Bonchev–Trinajstić information content (AvgIpc) is 2.51. The quantitative estimate of drug-likeness (QED) is 0.633. The molecule has 0 unspecified atom stereocenters. The monoisotopic (exact) mass is 383 g/mol. The van der Waals surface area contributed by atoms with Gasteiger partial charge in [-0.3, -0.25) is 9.59 Å². The average molecular weight is 384 g/mol. The number of sulfonamides is 1. The summed E-state index contributed by atoms with van der Waals surface area (Å²) in [5.74, 6) is -0.373. The first kappa shape index (κ1) is 22.1. The summed E-state index contributed by atoms with van der Waals surface area (Å²) < 4.78 is 26.8. The van der Waals surface area contributed by atoms with Crippen LogP contribution in [0.3, 0.4) is 0 Å². The van der Waals surface area contributed by atoms with Gasteiger partial charge in [0.25, 0.3) is 0 Å². The molecular formula is C18H29N3O4S. The fraction of sp³-hybridized carbons (Fsp3) is 0.556. The number of hydrogen-bond donors (Lipinski definition) is 3. The van der Waals surface area contributed by atoms with Crippen LogP contribution >= 0.6 is 0 Å². The molecule has 0 atom stereocenters. The molecular weight excluding hydrogens is 354 g/mol. The second kappa shape index (κ2) is 9.14. The molecule has 2 amide bonds. The van der Waals surface area contributed by atoms with Crippen LogP contribution in [-0.4, -0.2) is 38.9 Å². The van der Waals surface area contributed by atoms with Gasteiger partial charge in [-0.25, -0.2) is 13.1 Å². The van der Waals surface area contributed by atoms with Crippen LogP contribution in [0.25, 0.3) is 0 Å². The highest BCUT2D eigenvalue weighted by Crippen LogP contribution is 2.17. The second-order valence-corrected chi connectivity index (χ2v) is 9.21. The molecule has 146 valence electrons. The van der Waals surface area contributed by atoms with Gasteiger partial charge in [-0.2, -0.15) is 0 Å². The molecule has 1 aromatic rings. The third-order valence-corrected chi connectivity index (χ3v) is 4.94. The van der Waals surface area contributed by atoms with Gasteiger partial charge in [0.1, 0.15) is 0 Å². The van der Waals surface area contributed by atoms with Crippen LogP contribution in [0.15, 0.2) is 29.2 Å². The predicted octanol–water partition coefficient (Wildman–Crippen LogP) is 1.51. The van der Waals surface area contributed by atoms with Gasteiger partial charge in [-0.15, -0.1) is 0 Å². The SMILES string of the molecule is CC(C)c1ccc(S(=O)(=O)NCCC(=O)NCC(=O)NC(C)(C)C)cc1. The van der Waals surface area contributed by atoms with E-state index in [2.05, 4.69) is 15.4 Å². The van der Waals surface area contributed by atoms with Crippen molar-refractivity contribution in [3.63, 3.8) is 0 Å². The Balaban J connectivity index is 2.43. The Morgan fingerprint density at radius 2 is 1.62 bits per heavy atom. The van der Waals surface area contributed by atoms with Crippen molar-refractivity contribution < 1.29 is 18.0 Å². The standard InChI is InChI=1S/C18H29N3O4S/c1-13(2)14-6-8-15(9-7-14)26(24,25)20-11-10-16(22)19-12-17(23)21-18(3,4)5/h6-9,13,20H,10-12H2,1-5H3,(H,19,22)(H,21,23). The summed E-state index contributed by atoms with van der Waals surface area (Å²) in [6, 6.07) is 6.66. The predicted molar refractivity (Wildman–Crippen MR) is 101 cm³/mol. The van der Waals surface area contributed by atoms with Crippen molar-refractivity contribution in [2.45, 2.75) is 57.4 Å². The Morgan fingerprint density at radius 1 is 1.04 bits per heavy atom. The van der Waals surface area contributed by atoms with Crippen LogP contribution in [0, 0.1) is 0 Å². The van der Waals surface area contributed by atoms with Gasteiger partial charge in [0.05, 0.1) is 11.4 Å². The van der Waals surface area contributed by atoms with E-state index in [1.165, 1.54) is 0 Å². The van der Waals surface area contributed by atoms with E-state index in [-0.39, 0.29) is 35.9 Å². The molecule has 8 heteroatoms. The zero-order chi connectivity index (χ0) is 20.0. The molecule has 1 rings (SSSR count). The van der Waals surface area contributed by atoms with Gasteiger partial charge < -0.3 is 10.6 Å². The smallest absolute Gasteiger partial charge is 0.240 e. The van der Waals surface area contributed by atoms with Crippen molar-refractivity contribution >= 4 is 21.8 Å². The molecule has 0 aliphatic rings. The van der Waals surface area contributed by atoms with E-state index >= 15 is 0 Å². The van der Waals surface area contributed by atoms with E-state index in [9.17, 15) is 18.0 Å². The number of nitrogens with one attached hydrogen (secondary N) is 3. The summed E-state index contributed by atoms with van der Waals surface area (Å²) in [7, 11) is -3.66. The highest BCUT2D eigenvalue weighted by atomic mass is 32.2. The lowest BCUT2D eigenvalue weighted by atomic mass is 10.0. The van der Waals surface area contributed by atoms with Gasteiger partial charge in [-0.05, 0) is 44.4 Å². The largest absolute Gasteiger partial charge is 0.350 e. The van der Waals surface area contributed by atoms with Gasteiger partial charge in [0.2, 0.25) is 21.8 Å². The second-order valence-electron chi connectivity index (χ2n) is 7.45. The fourth-order valence-corrected chi connectivity index (χ4v) is 3.18. The van der Waals surface area contributed by atoms with Gasteiger partial charge in [0, 0.05) is 18.5 Å². The van der Waals surface area contributed by atoms with E-state index in [1.807, 2.05) is 34.6 Å². The van der Waals surface area contributed by atoms with Crippen molar-refractivity contribution in [3.8, 4) is 0 Å². The number of benzene rings is 1. The molecule has 0 spiro atoms. The highest BCUT2D eigenvalue weighted by molar-refractivity contribution is 7.89. The highest BCUT2D eigenvalue weighted by Gasteiger charge is 2.16. The first-order valence-corrected chi connectivity index (χ1v) is 10.1. The maximum absolute atomic E-state index is 12.2. The van der Waals surface area contributed by atoms with Crippen LogP contribution < -0.4 is 15.4 Å². The summed E-state index contributed by atoms with van der Waals surface area (Å²) >= 11 is 0. The molecule has 1 aromatic carbocycles. The zero-order valence-electron chi connectivity index (χ0n) is 16.0. The van der Waals surface area contributed by atoms with Crippen LogP contribution in [0.2, 0.25) is 0 Å². The van der Waals surface area contributed by atoms with Gasteiger partial charge in [0.15, 0.2) is 0 Å². The summed E-state index contributed by atoms with van der Waals surface area (Å²) in [4.78, 5) is 23.5. The Hall–Kier alpha value is -1.93. The first-order chi connectivity index (χ1) is 11.9. The first-order valence-electron chi connectivity index (χ1n) is 8.58. The molecule has 0 saturated carbocycles. The lowest BCUT2D eigenvalue weighted by molar-refractivity contribution is -0.126. The Bertz CT molecular complexity index is 720. The maximum atomic E-state index is 12.2. The molecule has 0 saturated heterocycles. The number of hydrogen-bond acceptors (Lipinski definition) is 4. The fourth-order valence-electron chi connectivity index (χ4n) is 2.14. The lowest BCUT2D eigenvalue weighted by Gasteiger charge is -2.20. The third-order valence-electron chi connectivity index (χ3n) is 3.46. The Kier molecular flexibility index (Phi) is 7.77. The van der Waals surface area contributed by atoms with Gasteiger partial charge >= 0.3 is 0 Å². The van der Waals surface area contributed by atoms with Crippen molar-refractivity contribution in [2.75, 3.05) is 13.1 Å². The molecule has 3 N–H and O–H groups in total. The number of carbonyl (C=O) groups is 2. The summed E-state index contributed by atoms with van der Waals surface area (Å²) in [5, 5.41) is 5.19. The van der Waals surface area contributed by atoms with Crippen molar-refractivity contribution in [2.24, 2.45) is 0 Å². The van der Waals surface area contributed by atoms with E-state index in [1.54, 1.807) is 24.3 Å². The number of amides is 2. The zero-order valence-corrected chi connectivity index (χ0v) is 16.9. The molecule has 0 aliphatic carbocycles. The molecule has 26 heavy (non-hydrogen) atoms. The minimum Gasteiger partial charge on any atom is -0.350 e. The van der Waals surface area contributed by atoms with E-state index in [0.29, 0.717) is 5.92 Å². The van der Waals surface area contributed by atoms with Crippen molar-refractivity contribution in [1.82, 2.24) is 15.4 Å². The van der Waals surface area contributed by atoms with E-state index in [0.717, 1.165) is 5.56 Å². The minimum atomic E-state index is -3.66. The Labute approximate surface area is 156 Å². The number of carbonyl (C=O) groups excluding carboxylic acids is 2. The summed E-state index contributed by atoms with van der Waals surface area (Å²) in [6.07, 6.45) is -0.0495. The van der Waals surface area contributed by atoms with E-state index < -0.39 is 15.9 Å². The molecule has 0 aromatic heterocycles. The summed E-state index contributed by atoms with van der Waals surface area (Å²) in [6.45, 7) is 9.41. The minimum absolute atomic E-state index is 0.0407. The molecule has 0 fully saturated rings. The molecule has 0 bridgehead atoms. The van der Waals surface area contributed by atoms with Crippen molar-refractivity contribution in [3.05, 3.63) is 29.8 Å².